The molecule has 2 aromatic heterocycles. The van der Waals surface area contributed by atoms with E-state index >= 15 is 0 Å². The summed E-state index contributed by atoms with van der Waals surface area (Å²) in [6.45, 7) is 0.568. The predicted molar refractivity (Wildman–Crippen MR) is 88.5 cm³/mol. The largest absolute Gasteiger partial charge is 0.462 e. The summed E-state index contributed by atoms with van der Waals surface area (Å²) in [6.07, 6.45) is 2.57. The fourth-order valence-electron chi connectivity index (χ4n) is 2.88. The van der Waals surface area contributed by atoms with E-state index < -0.39 is 18.4 Å². The van der Waals surface area contributed by atoms with Crippen LogP contribution in [-0.4, -0.2) is 28.3 Å². The van der Waals surface area contributed by atoms with E-state index in [0.717, 1.165) is 29.7 Å². The number of halogens is 2. The second kappa shape index (κ2) is 6.91. The second-order valence-corrected chi connectivity index (χ2v) is 6.73. The maximum atomic E-state index is 12.8. The van der Waals surface area contributed by atoms with Crippen molar-refractivity contribution in [1.82, 2.24) is 9.78 Å². The van der Waals surface area contributed by atoms with Gasteiger partial charge in [-0.25, -0.2) is 9.48 Å². The topological polar surface area (TPSA) is 73.2 Å². The number of carbonyl (C=O) groups is 2. The van der Waals surface area contributed by atoms with Gasteiger partial charge in [0.15, 0.2) is 5.69 Å². The smallest absolute Gasteiger partial charge is 0.341 e. The maximum Gasteiger partial charge on any atom is 0.341 e. The van der Waals surface area contributed by atoms with Gasteiger partial charge in [0, 0.05) is 10.6 Å². The Morgan fingerprint density at radius 3 is 2.84 bits per heavy atom. The van der Waals surface area contributed by atoms with Crippen molar-refractivity contribution >= 4 is 28.2 Å². The van der Waals surface area contributed by atoms with E-state index in [2.05, 4.69) is 10.4 Å². The number of amides is 1. The Labute approximate surface area is 146 Å². The van der Waals surface area contributed by atoms with Gasteiger partial charge in [0.1, 0.15) is 5.00 Å². The molecule has 1 N–H and O–H groups in total. The van der Waals surface area contributed by atoms with Gasteiger partial charge in [0.05, 0.1) is 12.2 Å². The van der Waals surface area contributed by atoms with Crippen molar-refractivity contribution < 1.29 is 23.1 Å². The number of aromatic nitrogens is 2. The molecule has 134 valence electrons. The summed E-state index contributed by atoms with van der Waals surface area (Å²) < 4.78 is 31.2. The lowest BCUT2D eigenvalue weighted by molar-refractivity contribution is 0.0524. The number of nitrogens with zero attached hydrogens (tertiary/aromatic N) is 2. The SMILES string of the molecule is CCOC(=O)c1c(NC(=O)c2cc(C)n(C(F)F)n2)sc2c1CCC2. The van der Waals surface area contributed by atoms with Crippen molar-refractivity contribution in [2.24, 2.45) is 0 Å². The van der Waals surface area contributed by atoms with Crippen molar-refractivity contribution in [3.05, 3.63) is 33.5 Å². The highest BCUT2D eigenvalue weighted by atomic mass is 32.1. The minimum absolute atomic E-state index is 0.124. The molecule has 0 aromatic carbocycles. The third kappa shape index (κ3) is 3.28. The Morgan fingerprint density at radius 2 is 2.20 bits per heavy atom. The lowest BCUT2D eigenvalue weighted by Crippen LogP contribution is -2.16. The Balaban J connectivity index is 1.89. The molecule has 0 unspecified atom stereocenters. The van der Waals surface area contributed by atoms with Crippen LogP contribution in [0.5, 0.6) is 0 Å². The summed E-state index contributed by atoms with van der Waals surface area (Å²) in [7, 11) is 0. The van der Waals surface area contributed by atoms with Crippen molar-refractivity contribution in [2.75, 3.05) is 11.9 Å². The third-order valence-electron chi connectivity index (χ3n) is 3.97. The number of ether oxygens (including phenoxy) is 1. The van der Waals surface area contributed by atoms with E-state index in [0.29, 0.717) is 15.2 Å². The van der Waals surface area contributed by atoms with Gasteiger partial charge in [-0.05, 0) is 44.7 Å². The van der Waals surface area contributed by atoms with Crippen LogP contribution in [0.3, 0.4) is 0 Å². The molecule has 2 aromatic rings. The maximum absolute atomic E-state index is 12.8. The first-order valence-corrected chi connectivity index (χ1v) is 8.71. The monoisotopic (exact) mass is 369 g/mol. The number of aryl methyl sites for hydroxylation is 2. The standard InChI is InChI=1S/C16H17F2N3O3S/c1-3-24-15(23)12-9-5-4-6-11(9)25-14(12)19-13(22)10-7-8(2)21(20-10)16(17)18/h7,16H,3-6H2,1-2H3,(H,19,22). The number of thiophene rings is 1. The second-order valence-electron chi connectivity index (χ2n) is 5.63. The first-order valence-electron chi connectivity index (χ1n) is 7.89. The normalized spacial score (nSPS) is 13.2. The Hall–Kier alpha value is -2.29. The van der Waals surface area contributed by atoms with Crippen LogP contribution in [0.4, 0.5) is 13.8 Å². The predicted octanol–water partition coefficient (Wildman–Crippen LogP) is 3.57. The number of alkyl halides is 2. The van der Waals surface area contributed by atoms with Crippen LogP contribution < -0.4 is 5.32 Å². The molecule has 0 saturated carbocycles. The average Bonchev–Trinajstić information content (AvgIpc) is 3.21. The molecule has 0 saturated heterocycles. The number of hydrogen-bond acceptors (Lipinski definition) is 5. The summed E-state index contributed by atoms with van der Waals surface area (Å²) in [5.41, 5.74) is 1.34. The zero-order chi connectivity index (χ0) is 18.1. The summed E-state index contributed by atoms with van der Waals surface area (Å²) in [4.78, 5) is 25.7. The molecule has 1 aliphatic rings. The zero-order valence-electron chi connectivity index (χ0n) is 13.8. The minimum atomic E-state index is -2.82. The Bertz CT molecular complexity index is 829. The molecule has 2 heterocycles. The van der Waals surface area contributed by atoms with Gasteiger partial charge in [-0.3, -0.25) is 4.79 Å². The molecule has 1 aliphatic carbocycles. The molecule has 0 spiro atoms. The molecule has 1 amide bonds. The number of rotatable bonds is 5. The number of fused-ring (bicyclic) bond motifs is 1. The summed E-state index contributed by atoms with van der Waals surface area (Å²) in [5.74, 6) is -1.11. The van der Waals surface area contributed by atoms with Gasteiger partial charge in [-0.2, -0.15) is 13.9 Å². The van der Waals surface area contributed by atoms with Crippen molar-refractivity contribution in [1.29, 1.82) is 0 Å². The quantitative estimate of drug-likeness (QED) is 0.818. The molecule has 3 rings (SSSR count). The van der Waals surface area contributed by atoms with Gasteiger partial charge in [-0.1, -0.05) is 0 Å². The molecule has 0 radical (unpaired) electrons. The highest BCUT2D eigenvalue weighted by Gasteiger charge is 2.29. The van der Waals surface area contributed by atoms with E-state index in [-0.39, 0.29) is 18.0 Å². The third-order valence-corrected chi connectivity index (χ3v) is 5.18. The van der Waals surface area contributed by atoms with E-state index in [4.69, 9.17) is 4.74 Å². The van der Waals surface area contributed by atoms with Gasteiger partial charge in [0.25, 0.3) is 5.91 Å². The molecule has 0 atom stereocenters. The van der Waals surface area contributed by atoms with Gasteiger partial charge in [0.2, 0.25) is 0 Å². The molecule has 0 fully saturated rings. The number of hydrogen-bond donors (Lipinski definition) is 1. The number of anilines is 1. The summed E-state index contributed by atoms with van der Waals surface area (Å²) >= 11 is 1.33. The molecule has 0 aliphatic heterocycles. The van der Waals surface area contributed by atoms with Crippen LogP contribution in [0.2, 0.25) is 0 Å². The molecule has 0 bridgehead atoms. The Kier molecular flexibility index (Phi) is 4.85. The van der Waals surface area contributed by atoms with Crippen LogP contribution in [0, 0.1) is 6.92 Å². The fourth-order valence-corrected chi connectivity index (χ4v) is 4.15. The van der Waals surface area contributed by atoms with Gasteiger partial charge in [-0.15, -0.1) is 11.3 Å². The van der Waals surface area contributed by atoms with E-state index in [1.807, 2.05) is 0 Å². The van der Waals surface area contributed by atoms with E-state index in [9.17, 15) is 18.4 Å². The van der Waals surface area contributed by atoms with Crippen molar-refractivity contribution in [3.8, 4) is 0 Å². The molecular formula is C16H17F2N3O3S. The number of carbonyl (C=O) groups excluding carboxylic acids is 2. The van der Waals surface area contributed by atoms with E-state index in [1.165, 1.54) is 24.3 Å². The van der Waals surface area contributed by atoms with Crippen molar-refractivity contribution in [3.63, 3.8) is 0 Å². The first-order chi connectivity index (χ1) is 11.9. The van der Waals surface area contributed by atoms with Crippen LogP contribution in [-0.2, 0) is 17.6 Å². The van der Waals surface area contributed by atoms with Gasteiger partial charge >= 0.3 is 12.5 Å². The minimum Gasteiger partial charge on any atom is -0.462 e. The number of esters is 1. The van der Waals surface area contributed by atoms with Crippen LogP contribution in [0.1, 0.15) is 56.9 Å². The first kappa shape index (κ1) is 17.5. The highest BCUT2D eigenvalue weighted by Crippen LogP contribution is 2.39. The fraction of sp³-hybridized carbons (Fsp3) is 0.438. The van der Waals surface area contributed by atoms with Crippen molar-refractivity contribution in [2.45, 2.75) is 39.7 Å². The molecule has 25 heavy (non-hydrogen) atoms. The molecule has 6 nitrogen and oxygen atoms in total. The molecular weight excluding hydrogens is 352 g/mol. The Morgan fingerprint density at radius 1 is 1.44 bits per heavy atom. The lowest BCUT2D eigenvalue weighted by atomic mass is 10.1. The van der Waals surface area contributed by atoms with Gasteiger partial charge < -0.3 is 10.1 Å². The highest BCUT2D eigenvalue weighted by molar-refractivity contribution is 7.17. The van der Waals surface area contributed by atoms with Crippen LogP contribution >= 0.6 is 11.3 Å². The van der Waals surface area contributed by atoms with E-state index in [1.54, 1.807) is 6.92 Å². The average molecular weight is 369 g/mol. The van der Waals surface area contributed by atoms with Crippen LogP contribution in [0.25, 0.3) is 0 Å². The summed E-state index contributed by atoms with van der Waals surface area (Å²) in [6, 6.07) is 1.28. The molecule has 9 heteroatoms. The number of nitrogens with one attached hydrogen (secondary N) is 1. The zero-order valence-corrected chi connectivity index (χ0v) is 14.6. The summed E-state index contributed by atoms with van der Waals surface area (Å²) in [5, 5.41) is 6.64. The lowest BCUT2D eigenvalue weighted by Gasteiger charge is -2.07. The van der Waals surface area contributed by atoms with Crippen LogP contribution in [0.15, 0.2) is 6.07 Å².